The van der Waals surface area contributed by atoms with E-state index < -0.39 is 10.0 Å². The first-order valence-corrected chi connectivity index (χ1v) is 10.8. The molecule has 0 spiro atoms. The van der Waals surface area contributed by atoms with Crippen molar-refractivity contribution in [3.05, 3.63) is 35.4 Å². The van der Waals surface area contributed by atoms with Crippen molar-refractivity contribution < 1.29 is 8.42 Å². The van der Waals surface area contributed by atoms with Gasteiger partial charge in [-0.1, -0.05) is 30.9 Å². The van der Waals surface area contributed by atoms with E-state index in [0.29, 0.717) is 46.1 Å². The molecule has 0 saturated heterocycles. The number of H-pyrrole nitrogens is 1. The molecular formula is C18H20ClN5O2S. The fourth-order valence-corrected chi connectivity index (χ4v) is 5.33. The summed E-state index contributed by atoms with van der Waals surface area (Å²) in [5.74, 6) is 0.319. The number of pyridine rings is 1. The third-order valence-corrected chi connectivity index (χ3v) is 7.11. The zero-order valence-electron chi connectivity index (χ0n) is 14.6. The topological polar surface area (TPSA) is 114 Å². The van der Waals surface area contributed by atoms with Crippen LogP contribution in [0.15, 0.2) is 30.3 Å². The van der Waals surface area contributed by atoms with Crippen molar-refractivity contribution >= 4 is 44.2 Å². The summed E-state index contributed by atoms with van der Waals surface area (Å²) < 4.78 is 27.8. The summed E-state index contributed by atoms with van der Waals surface area (Å²) in [5, 5.41) is 6.81. The molecule has 1 saturated carbocycles. The molecule has 1 aliphatic carbocycles. The van der Waals surface area contributed by atoms with Crippen LogP contribution in [0.25, 0.3) is 22.3 Å². The first kappa shape index (κ1) is 18.1. The molecule has 7 nitrogen and oxygen atoms in total. The molecule has 0 radical (unpaired) electrons. The molecule has 4 rings (SSSR count). The summed E-state index contributed by atoms with van der Waals surface area (Å²) in [4.78, 5) is 4.50. The van der Waals surface area contributed by atoms with E-state index in [9.17, 15) is 8.42 Å². The molecule has 0 aliphatic heterocycles. The third kappa shape index (κ3) is 3.59. The Kier molecular flexibility index (Phi) is 4.69. The zero-order valence-corrected chi connectivity index (χ0v) is 16.1. The van der Waals surface area contributed by atoms with Gasteiger partial charge in [-0.05, 0) is 43.2 Å². The Morgan fingerprint density at radius 1 is 1.15 bits per heavy atom. The Bertz CT molecular complexity index is 1090. The highest BCUT2D eigenvalue weighted by Gasteiger charge is 2.27. The van der Waals surface area contributed by atoms with Gasteiger partial charge in [-0.2, -0.15) is 5.10 Å². The number of hydrogen-bond acceptors (Lipinski definition) is 5. The van der Waals surface area contributed by atoms with Crippen LogP contribution in [0.3, 0.4) is 0 Å². The molecule has 142 valence electrons. The molecule has 1 fully saturated rings. The summed E-state index contributed by atoms with van der Waals surface area (Å²) in [6, 6.07) is 8.71. The summed E-state index contributed by atoms with van der Waals surface area (Å²) in [7, 11) is -3.41. The normalized spacial score (nSPS) is 15.9. The summed E-state index contributed by atoms with van der Waals surface area (Å²) in [5.41, 5.74) is 8.92. The smallest absolute Gasteiger partial charge is 0.235 e. The number of halogens is 1. The number of aromatic amines is 1. The first-order chi connectivity index (χ1) is 12.9. The standard InChI is InChI=1S/C18H20ClN5O2S/c19-14-10-11(24-27(25,26)12-4-2-1-3-5-12)6-7-13(14)15-8-9-16-17(21-15)18(20)23-22-16/h6-10,12,24H,1-5H2,(H3,20,22,23). The zero-order chi connectivity index (χ0) is 19.0. The van der Waals surface area contributed by atoms with Gasteiger partial charge < -0.3 is 5.73 Å². The van der Waals surface area contributed by atoms with Crippen molar-refractivity contribution in [3.63, 3.8) is 0 Å². The minimum absolute atomic E-state index is 0.319. The van der Waals surface area contributed by atoms with Crippen LogP contribution in [0.5, 0.6) is 0 Å². The van der Waals surface area contributed by atoms with Crippen LogP contribution in [0.2, 0.25) is 5.02 Å². The monoisotopic (exact) mass is 405 g/mol. The van der Waals surface area contributed by atoms with Gasteiger partial charge in [-0.15, -0.1) is 0 Å². The molecule has 1 aromatic carbocycles. The van der Waals surface area contributed by atoms with E-state index in [0.717, 1.165) is 24.8 Å². The van der Waals surface area contributed by atoms with E-state index in [1.165, 1.54) is 0 Å². The number of sulfonamides is 1. The first-order valence-electron chi connectivity index (χ1n) is 8.86. The predicted molar refractivity (Wildman–Crippen MR) is 108 cm³/mol. The van der Waals surface area contributed by atoms with E-state index >= 15 is 0 Å². The number of fused-ring (bicyclic) bond motifs is 1. The Morgan fingerprint density at radius 2 is 1.93 bits per heavy atom. The van der Waals surface area contributed by atoms with Crippen molar-refractivity contribution in [2.75, 3.05) is 10.5 Å². The second-order valence-electron chi connectivity index (χ2n) is 6.80. The highest BCUT2D eigenvalue weighted by atomic mass is 35.5. The molecule has 27 heavy (non-hydrogen) atoms. The highest BCUT2D eigenvalue weighted by molar-refractivity contribution is 7.93. The molecule has 0 amide bonds. The number of benzene rings is 1. The molecule has 0 atom stereocenters. The van der Waals surface area contributed by atoms with Crippen molar-refractivity contribution in [1.29, 1.82) is 0 Å². The number of nitrogens with one attached hydrogen (secondary N) is 2. The van der Waals surface area contributed by atoms with E-state index in [2.05, 4.69) is 19.9 Å². The number of nitrogens with two attached hydrogens (primary N) is 1. The van der Waals surface area contributed by atoms with Crippen molar-refractivity contribution in [3.8, 4) is 11.3 Å². The second-order valence-corrected chi connectivity index (χ2v) is 9.17. The molecule has 0 unspecified atom stereocenters. The molecule has 4 N–H and O–H groups in total. The number of aromatic nitrogens is 3. The van der Waals surface area contributed by atoms with Crippen LogP contribution >= 0.6 is 11.6 Å². The number of rotatable bonds is 4. The van der Waals surface area contributed by atoms with Crippen molar-refractivity contribution in [1.82, 2.24) is 15.2 Å². The number of nitrogens with zero attached hydrogens (tertiary/aromatic N) is 2. The van der Waals surface area contributed by atoms with Gasteiger partial charge in [-0.3, -0.25) is 9.82 Å². The minimum atomic E-state index is -3.41. The second kappa shape index (κ2) is 7.01. The fraction of sp³-hybridized carbons (Fsp3) is 0.333. The van der Waals surface area contributed by atoms with E-state index in [1.54, 1.807) is 18.2 Å². The summed E-state index contributed by atoms with van der Waals surface area (Å²) in [6.45, 7) is 0. The fourth-order valence-electron chi connectivity index (χ4n) is 3.48. The van der Waals surface area contributed by atoms with Crippen molar-refractivity contribution in [2.45, 2.75) is 37.4 Å². The lowest BCUT2D eigenvalue weighted by molar-refractivity contribution is 0.486. The number of nitrogen functional groups attached to an aromatic ring is 1. The van der Waals surface area contributed by atoms with Gasteiger partial charge in [0, 0.05) is 11.3 Å². The van der Waals surface area contributed by atoms with Crippen molar-refractivity contribution in [2.24, 2.45) is 0 Å². The van der Waals surface area contributed by atoms with Gasteiger partial charge in [0.2, 0.25) is 10.0 Å². The molecule has 0 bridgehead atoms. The van der Waals surface area contributed by atoms with E-state index in [-0.39, 0.29) is 5.25 Å². The van der Waals surface area contributed by atoms with Gasteiger partial charge in [-0.25, -0.2) is 13.4 Å². The average Bonchev–Trinajstić information content (AvgIpc) is 3.03. The minimum Gasteiger partial charge on any atom is -0.380 e. The lowest BCUT2D eigenvalue weighted by atomic mass is 10.0. The van der Waals surface area contributed by atoms with Crippen LogP contribution in [-0.2, 0) is 10.0 Å². The van der Waals surface area contributed by atoms with Gasteiger partial charge in [0.05, 0.1) is 21.5 Å². The summed E-state index contributed by atoms with van der Waals surface area (Å²) in [6.07, 6.45) is 4.42. The maximum Gasteiger partial charge on any atom is 0.235 e. The largest absolute Gasteiger partial charge is 0.380 e. The van der Waals surface area contributed by atoms with Gasteiger partial charge in [0.25, 0.3) is 0 Å². The Labute approximate surface area is 162 Å². The maximum atomic E-state index is 12.6. The SMILES string of the molecule is Nc1n[nH]c2ccc(-c3ccc(NS(=O)(=O)C4CCCCC4)cc3Cl)nc12. The van der Waals surface area contributed by atoms with E-state index in [4.69, 9.17) is 17.3 Å². The Hall–Kier alpha value is -2.32. The quantitative estimate of drug-likeness (QED) is 0.608. The van der Waals surface area contributed by atoms with Crippen LogP contribution < -0.4 is 10.5 Å². The Balaban J connectivity index is 1.61. The molecule has 9 heteroatoms. The van der Waals surface area contributed by atoms with Gasteiger partial charge >= 0.3 is 0 Å². The molecular weight excluding hydrogens is 386 g/mol. The van der Waals surface area contributed by atoms with Gasteiger partial charge in [0.15, 0.2) is 5.82 Å². The van der Waals surface area contributed by atoms with Crippen LogP contribution in [-0.4, -0.2) is 28.8 Å². The lowest BCUT2D eigenvalue weighted by Crippen LogP contribution is -2.29. The third-order valence-electron chi connectivity index (χ3n) is 4.93. The molecule has 2 aromatic heterocycles. The number of hydrogen-bond donors (Lipinski definition) is 3. The molecule has 1 aliphatic rings. The van der Waals surface area contributed by atoms with E-state index in [1.807, 2.05) is 12.1 Å². The van der Waals surface area contributed by atoms with Crippen LogP contribution in [0.1, 0.15) is 32.1 Å². The number of anilines is 2. The van der Waals surface area contributed by atoms with Gasteiger partial charge in [0.1, 0.15) is 5.52 Å². The summed E-state index contributed by atoms with van der Waals surface area (Å²) >= 11 is 6.41. The maximum absolute atomic E-state index is 12.6. The predicted octanol–water partition coefficient (Wildman–Crippen LogP) is 3.93. The Morgan fingerprint density at radius 3 is 2.67 bits per heavy atom. The lowest BCUT2D eigenvalue weighted by Gasteiger charge is -2.22. The van der Waals surface area contributed by atoms with Crippen LogP contribution in [0, 0.1) is 0 Å². The molecule has 2 heterocycles. The molecule has 3 aromatic rings. The average molecular weight is 406 g/mol. The van der Waals surface area contributed by atoms with Crippen LogP contribution in [0.4, 0.5) is 11.5 Å². The highest BCUT2D eigenvalue weighted by Crippen LogP contribution is 2.32.